The van der Waals surface area contributed by atoms with Gasteiger partial charge in [0.05, 0.1) is 6.20 Å². The van der Waals surface area contributed by atoms with Gasteiger partial charge < -0.3 is 43.4 Å². The normalized spacial score (nSPS) is 28.3. The summed E-state index contributed by atoms with van der Waals surface area (Å²) in [6.45, 7) is 12.3. The minimum absolute atomic E-state index is 0.116. The van der Waals surface area contributed by atoms with E-state index in [1.54, 1.807) is 34.6 Å². The van der Waals surface area contributed by atoms with E-state index >= 15 is 0 Å². The lowest BCUT2D eigenvalue weighted by atomic mass is 9.96. The fourth-order valence-corrected chi connectivity index (χ4v) is 7.33. The summed E-state index contributed by atoms with van der Waals surface area (Å²) in [7, 11) is 0. The molecule has 0 spiro atoms. The van der Waals surface area contributed by atoms with Gasteiger partial charge in [0.15, 0.2) is 24.5 Å². The predicted molar refractivity (Wildman–Crippen MR) is 166 cm³/mol. The van der Waals surface area contributed by atoms with E-state index in [4.69, 9.17) is 33.2 Å². The van der Waals surface area contributed by atoms with Crippen molar-refractivity contribution in [2.75, 3.05) is 6.61 Å². The number of thioether (sulfide) groups is 1. The Morgan fingerprint density at radius 1 is 0.920 bits per heavy atom. The van der Waals surface area contributed by atoms with Gasteiger partial charge in [0.1, 0.15) is 48.1 Å². The van der Waals surface area contributed by atoms with Crippen molar-refractivity contribution in [3.05, 3.63) is 11.9 Å². The molecule has 0 aliphatic carbocycles. The number of hydrogen-bond acceptors (Lipinski definition) is 17. The molecule has 3 aliphatic rings. The minimum atomic E-state index is -1.43. The summed E-state index contributed by atoms with van der Waals surface area (Å²) in [6.07, 6.45) is -6.22. The van der Waals surface area contributed by atoms with Crippen LogP contribution in [0.2, 0.25) is 0 Å². The number of β-lactam (4-membered cyclic amide) rings is 1. The molecule has 4 rings (SSSR count). The quantitative estimate of drug-likeness (QED) is 0.197. The number of hydrogen-bond donors (Lipinski definition) is 1. The summed E-state index contributed by atoms with van der Waals surface area (Å²) in [6, 6.07) is -1.87. The van der Waals surface area contributed by atoms with Gasteiger partial charge in [-0.25, -0.2) is 14.3 Å². The van der Waals surface area contributed by atoms with E-state index in [9.17, 15) is 33.6 Å². The number of alkyl carbamates (subject to hydrolysis) is 1. The average molecular weight is 728 g/mol. The molecule has 8 atom stereocenters. The molecule has 0 unspecified atom stereocenters. The van der Waals surface area contributed by atoms with Gasteiger partial charge in [-0.15, -0.1) is 16.9 Å². The lowest BCUT2D eigenvalue weighted by Crippen LogP contribution is -2.70. The monoisotopic (exact) mass is 727 g/mol. The largest absolute Gasteiger partial charge is 0.463 e. The van der Waals surface area contributed by atoms with Gasteiger partial charge in [-0.2, -0.15) is 0 Å². The van der Waals surface area contributed by atoms with Crippen LogP contribution in [0.5, 0.6) is 0 Å². The zero-order valence-corrected chi connectivity index (χ0v) is 29.8. The molecule has 20 heteroatoms. The van der Waals surface area contributed by atoms with Crippen molar-refractivity contribution in [3.63, 3.8) is 0 Å². The topological polar surface area (TPSA) is 230 Å². The van der Waals surface area contributed by atoms with Crippen LogP contribution in [0.3, 0.4) is 0 Å². The van der Waals surface area contributed by atoms with Crippen LogP contribution in [0.15, 0.2) is 6.20 Å². The Morgan fingerprint density at radius 3 is 2.10 bits per heavy atom. The van der Waals surface area contributed by atoms with Crippen molar-refractivity contribution in [1.82, 2.24) is 25.2 Å². The summed E-state index contributed by atoms with van der Waals surface area (Å²) in [5, 5.41) is 10.1. The van der Waals surface area contributed by atoms with Crippen LogP contribution >= 0.6 is 11.8 Å². The summed E-state index contributed by atoms with van der Waals surface area (Å²) < 4.78 is 38.6. The van der Waals surface area contributed by atoms with Crippen molar-refractivity contribution >= 4 is 53.6 Å². The molecule has 0 bridgehead atoms. The van der Waals surface area contributed by atoms with Gasteiger partial charge >= 0.3 is 35.9 Å². The molecule has 4 heterocycles. The van der Waals surface area contributed by atoms with E-state index < -0.39 is 114 Å². The highest BCUT2D eigenvalue weighted by Crippen LogP contribution is 2.51. The Morgan fingerprint density at radius 2 is 1.52 bits per heavy atom. The average Bonchev–Trinajstić information content (AvgIpc) is 3.54. The number of carbonyl (C=O) groups is 7. The fraction of sp³-hybridized carbons (Fsp3) is 0.700. The molecule has 1 aromatic rings. The first kappa shape index (κ1) is 38.3. The smallest absolute Gasteiger partial charge is 0.408 e. The third kappa shape index (κ3) is 8.82. The molecule has 50 heavy (non-hydrogen) atoms. The van der Waals surface area contributed by atoms with Gasteiger partial charge in [-0.05, 0) is 34.6 Å². The Bertz CT molecular complexity index is 1520. The van der Waals surface area contributed by atoms with Crippen LogP contribution in [0.25, 0.3) is 0 Å². The molecule has 276 valence electrons. The number of esters is 5. The number of nitrogens with one attached hydrogen (secondary N) is 1. The number of nitrogens with zero attached hydrogens (tertiary/aromatic N) is 4. The fourth-order valence-electron chi connectivity index (χ4n) is 5.71. The molecule has 0 radical (unpaired) electrons. The Kier molecular flexibility index (Phi) is 11.3. The number of amides is 2. The molecule has 3 fully saturated rings. The van der Waals surface area contributed by atoms with E-state index in [1.807, 2.05) is 0 Å². The van der Waals surface area contributed by atoms with E-state index in [-0.39, 0.29) is 5.69 Å². The summed E-state index contributed by atoms with van der Waals surface area (Å²) >= 11 is 1.33. The second-order valence-corrected chi connectivity index (χ2v) is 15.0. The molecular formula is C30H41N5O14S. The number of carbonyl (C=O) groups excluding carboxylic acids is 7. The molecule has 0 aromatic carbocycles. The number of fused-ring (bicyclic) bond motifs is 1. The van der Waals surface area contributed by atoms with Gasteiger partial charge in [-0.3, -0.25) is 24.0 Å². The molecule has 1 N–H and O–H groups in total. The molecule has 3 saturated heterocycles. The predicted octanol–water partition coefficient (Wildman–Crippen LogP) is 0.533. The van der Waals surface area contributed by atoms with Crippen LogP contribution < -0.4 is 5.32 Å². The lowest BCUT2D eigenvalue weighted by molar-refractivity contribution is -0.270. The Balaban J connectivity index is 1.50. The van der Waals surface area contributed by atoms with Crippen molar-refractivity contribution in [1.29, 1.82) is 0 Å². The molecule has 1 aromatic heterocycles. The summed E-state index contributed by atoms with van der Waals surface area (Å²) in [5.41, 5.74) is -0.648. The van der Waals surface area contributed by atoms with E-state index in [2.05, 4.69) is 15.6 Å². The zero-order chi connectivity index (χ0) is 37.3. The van der Waals surface area contributed by atoms with Crippen LogP contribution in [-0.2, 0) is 68.5 Å². The highest BCUT2D eigenvalue weighted by Gasteiger charge is 2.64. The number of ether oxygens (including phenoxy) is 7. The maximum absolute atomic E-state index is 13.4. The van der Waals surface area contributed by atoms with Crippen molar-refractivity contribution < 1.29 is 66.7 Å². The van der Waals surface area contributed by atoms with Gasteiger partial charge in [0, 0.05) is 32.4 Å². The van der Waals surface area contributed by atoms with Gasteiger partial charge in [-0.1, -0.05) is 5.21 Å². The number of aromatic nitrogens is 3. The Labute approximate surface area is 291 Å². The summed E-state index contributed by atoms with van der Waals surface area (Å²) in [4.78, 5) is 88.0. The van der Waals surface area contributed by atoms with Crippen LogP contribution in [0, 0.1) is 0 Å². The van der Waals surface area contributed by atoms with E-state index in [0.29, 0.717) is 0 Å². The molecule has 0 saturated carbocycles. The SMILES string of the molecule is CC(=O)OC[C@H]1O[C@@H](n2cc(COC(=O)[C@@H]3N4C(=O)[C@@H](NC(=O)OC(C)(C)C)[C@H]4SC3(C)C)nn2)[C@H](OC(C)=O)[C@@H](OC(C)=O)[C@@H]1OC(C)=O. The third-order valence-electron chi connectivity index (χ3n) is 7.48. The van der Waals surface area contributed by atoms with Gasteiger partial charge in [0.25, 0.3) is 0 Å². The van der Waals surface area contributed by atoms with Crippen LogP contribution in [0.4, 0.5) is 4.79 Å². The molecule has 19 nitrogen and oxygen atoms in total. The first-order valence-electron chi connectivity index (χ1n) is 15.6. The second kappa shape index (κ2) is 14.8. The minimum Gasteiger partial charge on any atom is -0.463 e. The van der Waals surface area contributed by atoms with Crippen molar-refractivity contribution in [2.45, 2.75) is 127 Å². The standard InChI is InChI=1S/C30H41N5O14S/c1-13(36)43-12-18-20(45-14(2)37)21(46-15(3)38)22(47-16(4)39)25(48-18)34-10-17(32-33-34)11-44-27(41)23-30(8,9)50-26-19(24(40)35(23)26)31-28(42)49-29(5,6)7/h10,18-23,25-26H,11-12H2,1-9H3,(H,31,42)/t18-,19-,20-,21+,22-,23+,25-,26-/m1/s1. The first-order valence-corrected chi connectivity index (χ1v) is 16.4. The second-order valence-electron chi connectivity index (χ2n) is 13.3. The summed E-state index contributed by atoms with van der Waals surface area (Å²) in [5.74, 6) is -4.24. The molecule has 3 aliphatic heterocycles. The number of rotatable bonds is 10. The highest BCUT2D eigenvalue weighted by molar-refractivity contribution is 8.01. The Hall–Kier alpha value is -4.46. The lowest BCUT2D eigenvalue weighted by Gasteiger charge is -2.44. The molecule has 2 amide bonds. The van der Waals surface area contributed by atoms with Gasteiger partial charge in [0.2, 0.25) is 5.91 Å². The van der Waals surface area contributed by atoms with Crippen LogP contribution in [-0.4, -0.2) is 121 Å². The zero-order valence-electron chi connectivity index (χ0n) is 29.0. The maximum Gasteiger partial charge on any atom is 0.408 e. The van der Waals surface area contributed by atoms with E-state index in [1.165, 1.54) is 22.9 Å². The van der Waals surface area contributed by atoms with Crippen molar-refractivity contribution in [2.24, 2.45) is 0 Å². The first-order chi connectivity index (χ1) is 23.2. The third-order valence-corrected chi connectivity index (χ3v) is 9.06. The highest BCUT2D eigenvalue weighted by atomic mass is 32.2. The van der Waals surface area contributed by atoms with E-state index in [0.717, 1.165) is 32.4 Å². The van der Waals surface area contributed by atoms with Crippen molar-refractivity contribution in [3.8, 4) is 0 Å². The van der Waals surface area contributed by atoms with Crippen LogP contribution in [0.1, 0.15) is 74.2 Å². The maximum atomic E-state index is 13.4. The molecular weight excluding hydrogens is 686 g/mol.